The molecule has 2 aromatic heterocycles. The quantitative estimate of drug-likeness (QED) is 0.634. The second-order valence-electron chi connectivity index (χ2n) is 5.66. The first-order valence-electron chi connectivity index (χ1n) is 7.89. The van der Waals surface area contributed by atoms with Crippen LogP contribution in [0.15, 0.2) is 42.6 Å². The Morgan fingerprint density at radius 2 is 2.08 bits per heavy atom. The number of halogens is 1. The van der Waals surface area contributed by atoms with Crippen LogP contribution in [0.25, 0.3) is 16.8 Å². The molecule has 1 aliphatic rings. The van der Waals surface area contributed by atoms with Crippen LogP contribution in [0.3, 0.4) is 0 Å². The van der Waals surface area contributed by atoms with Gasteiger partial charge in [0.15, 0.2) is 5.82 Å². The first-order valence-corrected chi connectivity index (χ1v) is 7.89. The van der Waals surface area contributed by atoms with Crippen molar-refractivity contribution in [2.45, 2.75) is 18.9 Å². The summed E-state index contributed by atoms with van der Waals surface area (Å²) in [7, 11) is 0. The molecule has 7 heteroatoms. The number of β-amino-alcohol motifs (C(OH)–C–C–N with tert-alkyl or cyclic N) is 1. The monoisotopic (exact) mass is 329 g/mol. The second-order valence-corrected chi connectivity index (χ2v) is 5.66. The van der Waals surface area contributed by atoms with Crippen molar-refractivity contribution in [2.75, 3.05) is 18.8 Å². The lowest BCUT2D eigenvalue weighted by molar-refractivity contribution is 0.142. The number of nitrogens with two attached hydrogens (primary N) is 1. The number of aliphatic hydroxyl groups excluding tert-OH is 1. The Bertz CT molecular complexity index is 799. The van der Waals surface area contributed by atoms with Crippen molar-refractivity contribution in [3.05, 3.63) is 48.4 Å². The number of hydrogen-bond acceptors (Lipinski definition) is 5. The Morgan fingerprint density at radius 3 is 2.71 bits per heavy atom. The molecule has 1 unspecified atom stereocenters. The number of nitrogen functional groups attached to an aromatic ring is 1. The van der Waals surface area contributed by atoms with Crippen LogP contribution < -0.4 is 11.1 Å². The summed E-state index contributed by atoms with van der Waals surface area (Å²) in [6.07, 6.45) is 3.41. The van der Waals surface area contributed by atoms with Crippen LogP contribution in [0.1, 0.15) is 12.8 Å². The summed E-state index contributed by atoms with van der Waals surface area (Å²) in [6.45, 7) is 1.87. The highest BCUT2D eigenvalue weighted by Crippen LogP contribution is 2.24. The highest BCUT2D eigenvalue weighted by atomic mass is 19.1. The van der Waals surface area contributed by atoms with Crippen molar-refractivity contribution in [1.82, 2.24) is 19.9 Å². The van der Waals surface area contributed by atoms with Crippen LogP contribution in [-0.2, 0) is 0 Å². The zero-order valence-corrected chi connectivity index (χ0v) is 13.2. The summed E-state index contributed by atoms with van der Waals surface area (Å²) in [5.74, 6) is -0.242. The molecule has 0 aliphatic carbocycles. The third-order valence-electron chi connectivity index (χ3n) is 3.83. The fourth-order valence-corrected chi connectivity index (χ4v) is 2.61. The van der Waals surface area contributed by atoms with Crippen molar-refractivity contribution >= 4 is 11.5 Å². The summed E-state index contributed by atoms with van der Waals surface area (Å²) in [6, 6.07) is 10.9. The number of benzene rings is 1. The summed E-state index contributed by atoms with van der Waals surface area (Å²) in [4.78, 5) is 3.78. The standard InChI is InChI=1S/C12H9FN4.C5H11NO/c13-9-6-10(8-4-2-1-3-5-8)17-11(9)7-15-12(14)16-17;7-5-2-1-3-6-4-5/h1-7H,(H2,14,16);5-7H,1-4H2. The minimum Gasteiger partial charge on any atom is -0.392 e. The van der Waals surface area contributed by atoms with E-state index < -0.39 is 0 Å². The number of aliphatic hydroxyl groups is 1. The van der Waals surface area contributed by atoms with E-state index in [1.54, 1.807) is 0 Å². The Balaban J connectivity index is 0.000000203. The summed E-state index contributed by atoms with van der Waals surface area (Å²) in [5, 5.41) is 15.9. The number of hydrogen-bond donors (Lipinski definition) is 3. The second kappa shape index (κ2) is 7.37. The molecular formula is C17H20FN5O. The van der Waals surface area contributed by atoms with E-state index in [9.17, 15) is 4.39 Å². The van der Waals surface area contributed by atoms with Crippen molar-refractivity contribution in [2.24, 2.45) is 0 Å². The summed E-state index contributed by atoms with van der Waals surface area (Å²) >= 11 is 0. The predicted molar refractivity (Wildman–Crippen MR) is 90.9 cm³/mol. The predicted octanol–water partition coefficient (Wildman–Crippen LogP) is 1.85. The van der Waals surface area contributed by atoms with Gasteiger partial charge in [0, 0.05) is 18.2 Å². The van der Waals surface area contributed by atoms with Gasteiger partial charge in [0.25, 0.3) is 0 Å². The molecule has 6 nitrogen and oxygen atoms in total. The van der Waals surface area contributed by atoms with Gasteiger partial charge in [-0.2, -0.15) is 0 Å². The molecule has 0 spiro atoms. The first kappa shape index (κ1) is 16.4. The minimum absolute atomic E-state index is 0.0752. The maximum absolute atomic E-state index is 13.7. The highest BCUT2D eigenvalue weighted by Gasteiger charge is 2.12. The third kappa shape index (κ3) is 3.69. The molecule has 0 amide bonds. The van der Waals surface area contributed by atoms with Gasteiger partial charge >= 0.3 is 0 Å². The number of rotatable bonds is 1. The van der Waals surface area contributed by atoms with Gasteiger partial charge in [0.2, 0.25) is 5.95 Å². The van der Waals surface area contributed by atoms with Gasteiger partial charge in [-0.25, -0.2) is 13.9 Å². The molecule has 24 heavy (non-hydrogen) atoms. The van der Waals surface area contributed by atoms with Crippen LogP contribution in [0.5, 0.6) is 0 Å². The Kier molecular flexibility index (Phi) is 5.02. The number of piperidine rings is 1. The average molecular weight is 329 g/mol. The van der Waals surface area contributed by atoms with Gasteiger partial charge in [-0.15, -0.1) is 5.10 Å². The normalized spacial score (nSPS) is 17.3. The van der Waals surface area contributed by atoms with Gasteiger partial charge < -0.3 is 16.2 Å². The third-order valence-corrected chi connectivity index (χ3v) is 3.83. The molecule has 1 aromatic carbocycles. The van der Waals surface area contributed by atoms with E-state index in [1.165, 1.54) is 16.8 Å². The lowest BCUT2D eigenvalue weighted by atomic mass is 10.1. The molecule has 0 bridgehead atoms. The zero-order chi connectivity index (χ0) is 16.9. The van der Waals surface area contributed by atoms with E-state index in [0.717, 1.165) is 31.5 Å². The molecule has 3 heterocycles. The van der Waals surface area contributed by atoms with Crippen LogP contribution in [-0.4, -0.2) is 38.9 Å². The molecular weight excluding hydrogens is 309 g/mol. The fraction of sp³-hybridized carbons (Fsp3) is 0.294. The van der Waals surface area contributed by atoms with Crippen LogP contribution >= 0.6 is 0 Å². The molecule has 1 atom stereocenters. The van der Waals surface area contributed by atoms with Gasteiger partial charge in [-0.1, -0.05) is 30.3 Å². The van der Waals surface area contributed by atoms with Crippen LogP contribution in [0.4, 0.5) is 10.3 Å². The topological polar surface area (TPSA) is 88.5 Å². The fourth-order valence-electron chi connectivity index (χ4n) is 2.61. The average Bonchev–Trinajstić information content (AvgIpc) is 2.93. The minimum atomic E-state index is -0.358. The van der Waals surface area contributed by atoms with Crippen LogP contribution in [0, 0.1) is 5.82 Å². The lowest BCUT2D eigenvalue weighted by Gasteiger charge is -2.16. The number of nitrogens with one attached hydrogen (secondary N) is 1. The SMILES string of the molecule is Nc1ncc2c(F)cc(-c3ccccc3)n2n1.OC1CCCNC1. The molecule has 1 saturated heterocycles. The molecule has 1 aliphatic heterocycles. The van der Waals surface area contributed by atoms with E-state index >= 15 is 0 Å². The highest BCUT2D eigenvalue weighted by molar-refractivity contribution is 5.66. The summed E-state index contributed by atoms with van der Waals surface area (Å²) in [5.41, 5.74) is 7.37. The largest absolute Gasteiger partial charge is 0.392 e. The molecule has 0 radical (unpaired) electrons. The van der Waals surface area contributed by atoms with Gasteiger partial charge in [0.1, 0.15) is 5.52 Å². The maximum atomic E-state index is 13.7. The number of nitrogens with zero attached hydrogens (tertiary/aromatic N) is 3. The van der Waals surface area contributed by atoms with E-state index in [4.69, 9.17) is 10.8 Å². The molecule has 1 fully saturated rings. The molecule has 4 rings (SSSR count). The summed E-state index contributed by atoms with van der Waals surface area (Å²) < 4.78 is 15.1. The van der Waals surface area contributed by atoms with Crippen molar-refractivity contribution < 1.29 is 9.50 Å². The van der Waals surface area contributed by atoms with Crippen molar-refractivity contribution in [1.29, 1.82) is 0 Å². The maximum Gasteiger partial charge on any atom is 0.238 e. The van der Waals surface area contributed by atoms with Gasteiger partial charge in [-0.05, 0) is 19.4 Å². The Hall–Kier alpha value is -2.51. The molecule has 126 valence electrons. The van der Waals surface area contributed by atoms with Gasteiger partial charge in [-0.3, -0.25) is 0 Å². The van der Waals surface area contributed by atoms with E-state index in [-0.39, 0.29) is 17.9 Å². The number of fused-ring (bicyclic) bond motifs is 1. The van der Waals surface area contributed by atoms with Gasteiger partial charge in [0.05, 0.1) is 18.0 Å². The number of anilines is 1. The number of aromatic nitrogens is 3. The van der Waals surface area contributed by atoms with Crippen molar-refractivity contribution in [3.8, 4) is 11.3 Å². The van der Waals surface area contributed by atoms with Crippen LogP contribution in [0.2, 0.25) is 0 Å². The first-order chi connectivity index (χ1) is 11.6. The van der Waals surface area contributed by atoms with E-state index in [1.807, 2.05) is 30.3 Å². The van der Waals surface area contributed by atoms with Crippen molar-refractivity contribution in [3.63, 3.8) is 0 Å². The smallest absolute Gasteiger partial charge is 0.238 e. The lowest BCUT2D eigenvalue weighted by Crippen LogP contribution is -2.33. The Labute approximate surface area is 139 Å². The van der Waals surface area contributed by atoms with E-state index in [2.05, 4.69) is 15.4 Å². The van der Waals surface area contributed by atoms with E-state index in [0.29, 0.717) is 11.2 Å². The molecule has 3 aromatic rings. The molecule has 0 saturated carbocycles. The molecule has 4 N–H and O–H groups in total. The Morgan fingerprint density at radius 1 is 1.29 bits per heavy atom. The zero-order valence-electron chi connectivity index (χ0n) is 13.2.